The molecule has 0 N–H and O–H groups in total. The summed E-state index contributed by atoms with van der Waals surface area (Å²) >= 11 is 9.61. The van der Waals surface area contributed by atoms with Crippen LogP contribution in [0.3, 0.4) is 0 Å². The van der Waals surface area contributed by atoms with Gasteiger partial charge in [0, 0.05) is 24.1 Å². The molecule has 0 saturated heterocycles. The number of nitrogens with zero attached hydrogens (tertiary/aromatic N) is 2. The summed E-state index contributed by atoms with van der Waals surface area (Å²) in [6.45, 7) is 0. The molecule has 0 radical (unpaired) electrons. The first-order valence-corrected chi connectivity index (χ1v) is 6.57. The van der Waals surface area contributed by atoms with Crippen LogP contribution in [0.4, 0.5) is 0 Å². The quantitative estimate of drug-likeness (QED) is 0.767. The molecule has 0 saturated carbocycles. The Morgan fingerprint density at radius 2 is 2.00 bits per heavy atom. The third-order valence-corrected chi connectivity index (χ3v) is 3.73. The Hall–Kier alpha value is -1.24. The summed E-state index contributed by atoms with van der Waals surface area (Å²) < 4.78 is 1.76. The van der Waals surface area contributed by atoms with Gasteiger partial charge in [-0.15, -0.1) is 0 Å². The van der Waals surface area contributed by atoms with Gasteiger partial charge < -0.3 is 4.57 Å². The molecule has 2 rings (SSSR count). The van der Waals surface area contributed by atoms with Crippen LogP contribution in [0.2, 0.25) is 5.15 Å². The molecule has 86 valence electrons. The number of rotatable bonds is 2. The van der Waals surface area contributed by atoms with Crippen molar-refractivity contribution in [3.63, 3.8) is 0 Å². The maximum atomic E-state index is 9.09. The van der Waals surface area contributed by atoms with Gasteiger partial charge in [-0.3, -0.25) is 0 Å². The molecule has 0 aliphatic carbocycles. The van der Waals surface area contributed by atoms with Gasteiger partial charge in [0.15, 0.2) is 0 Å². The minimum Gasteiger partial charge on any atom is -0.340 e. The van der Waals surface area contributed by atoms with Gasteiger partial charge in [0.2, 0.25) is 0 Å². The molecule has 0 fully saturated rings. The average Bonchev–Trinajstić information content (AvgIpc) is 2.65. The van der Waals surface area contributed by atoms with E-state index in [0.29, 0.717) is 10.7 Å². The van der Waals surface area contributed by atoms with Gasteiger partial charge in [-0.25, -0.2) is 0 Å². The van der Waals surface area contributed by atoms with Gasteiger partial charge in [-0.05, 0) is 11.1 Å². The fraction of sp³-hybridized carbons (Fsp3) is 0.154. The van der Waals surface area contributed by atoms with Crippen molar-refractivity contribution in [2.45, 2.75) is 5.33 Å². The minimum atomic E-state index is 0.591. The predicted molar refractivity (Wildman–Crippen MR) is 73.2 cm³/mol. The molecule has 1 heterocycles. The normalized spacial score (nSPS) is 10.2. The second-order valence-electron chi connectivity index (χ2n) is 3.76. The van der Waals surface area contributed by atoms with Crippen molar-refractivity contribution >= 4 is 27.5 Å². The lowest BCUT2D eigenvalue weighted by molar-refractivity contribution is 0.928. The molecule has 0 bridgehead atoms. The third kappa shape index (κ3) is 2.24. The van der Waals surface area contributed by atoms with E-state index in [1.165, 1.54) is 5.56 Å². The number of benzene rings is 1. The van der Waals surface area contributed by atoms with Crippen LogP contribution in [0.1, 0.15) is 11.1 Å². The lowest BCUT2D eigenvalue weighted by atomic mass is 10.0. The summed E-state index contributed by atoms with van der Waals surface area (Å²) in [5, 5.41) is 10.5. The van der Waals surface area contributed by atoms with Gasteiger partial charge in [0.25, 0.3) is 0 Å². The van der Waals surface area contributed by atoms with Crippen molar-refractivity contribution in [1.82, 2.24) is 4.57 Å². The lowest BCUT2D eigenvalue weighted by Gasteiger charge is -2.02. The maximum Gasteiger partial charge on any atom is 0.117 e. The topological polar surface area (TPSA) is 28.7 Å². The SMILES string of the molecule is Cn1cc(C#N)c(-c2ccc(CBr)cc2)c1Cl. The second kappa shape index (κ2) is 4.95. The Bertz CT molecular complexity index is 579. The average molecular weight is 310 g/mol. The van der Waals surface area contributed by atoms with Crippen LogP contribution in [-0.4, -0.2) is 4.57 Å². The van der Waals surface area contributed by atoms with E-state index in [-0.39, 0.29) is 0 Å². The highest BCUT2D eigenvalue weighted by Crippen LogP contribution is 2.32. The summed E-state index contributed by atoms with van der Waals surface area (Å²) in [6, 6.07) is 10.2. The number of aryl methyl sites for hydroxylation is 1. The van der Waals surface area contributed by atoms with Crippen LogP contribution >= 0.6 is 27.5 Å². The second-order valence-corrected chi connectivity index (χ2v) is 4.68. The molecule has 0 unspecified atom stereocenters. The lowest BCUT2D eigenvalue weighted by Crippen LogP contribution is -1.84. The van der Waals surface area contributed by atoms with Gasteiger partial charge >= 0.3 is 0 Å². The molecular weight excluding hydrogens is 300 g/mol. The van der Waals surface area contributed by atoms with Crippen LogP contribution in [0.5, 0.6) is 0 Å². The Morgan fingerprint density at radius 1 is 1.35 bits per heavy atom. The van der Waals surface area contributed by atoms with Crippen LogP contribution in [0.25, 0.3) is 11.1 Å². The van der Waals surface area contributed by atoms with Gasteiger partial charge in [-0.2, -0.15) is 5.26 Å². The van der Waals surface area contributed by atoms with Crippen molar-refractivity contribution in [2.24, 2.45) is 7.05 Å². The van der Waals surface area contributed by atoms with Gasteiger partial charge in [0.1, 0.15) is 11.2 Å². The van der Waals surface area contributed by atoms with E-state index in [4.69, 9.17) is 16.9 Å². The zero-order chi connectivity index (χ0) is 12.4. The van der Waals surface area contributed by atoms with E-state index in [1.54, 1.807) is 10.8 Å². The molecule has 4 heteroatoms. The van der Waals surface area contributed by atoms with E-state index in [9.17, 15) is 0 Å². The van der Waals surface area contributed by atoms with E-state index in [1.807, 2.05) is 31.3 Å². The van der Waals surface area contributed by atoms with E-state index in [2.05, 4.69) is 22.0 Å². The Labute approximate surface area is 114 Å². The van der Waals surface area contributed by atoms with Crippen molar-refractivity contribution in [3.05, 3.63) is 46.7 Å². The predicted octanol–water partition coefficient (Wildman–Crippen LogP) is 4.11. The van der Waals surface area contributed by atoms with Gasteiger partial charge in [0.05, 0.1) is 5.56 Å². The molecule has 0 amide bonds. The van der Waals surface area contributed by atoms with Crippen LogP contribution < -0.4 is 0 Å². The maximum absolute atomic E-state index is 9.09. The molecule has 1 aromatic carbocycles. The molecule has 0 spiro atoms. The first kappa shape index (κ1) is 12.2. The summed E-state index contributed by atoms with van der Waals surface area (Å²) in [4.78, 5) is 0. The van der Waals surface area contributed by atoms with Crippen molar-refractivity contribution in [1.29, 1.82) is 5.26 Å². The first-order valence-electron chi connectivity index (χ1n) is 5.07. The fourth-order valence-corrected chi connectivity index (χ4v) is 2.36. The van der Waals surface area contributed by atoms with Crippen molar-refractivity contribution in [2.75, 3.05) is 0 Å². The number of nitriles is 1. The summed E-state index contributed by atoms with van der Waals surface area (Å²) in [7, 11) is 1.83. The number of hydrogen-bond donors (Lipinski definition) is 0. The molecule has 1 aromatic heterocycles. The van der Waals surface area contributed by atoms with Crippen LogP contribution in [0, 0.1) is 11.3 Å². The van der Waals surface area contributed by atoms with E-state index >= 15 is 0 Å². The molecule has 0 aliphatic rings. The van der Waals surface area contributed by atoms with Crippen LogP contribution in [-0.2, 0) is 12.4 Å². The van der Waals surface area contributed by atoms with Crippen LogP contribution in [0.15, 0.2) is 30.5 Å². The number of aromatic nitrogens is 1. The third-order valence-electron chi connectivity index (χ3n) is 2.63. The summed E-state index contributed by atoms with van der Waals surface area (Å²) in [6.07, 6.45) is 1.75. The smallest absolute Gasteiger partial charge is 0.117 e. The van der Waals surface area contributed by atoms with Crippen molar-refractivity contribution in [3.8, 4) is 17.2 Å². The fourth-order valence-electron chi connectivity index (χ4n) is 1.72. The highest BCUT2D eigenvalue weighted by atomic mass is 79.9. The monoisotopic (exact) mass is 308 g/mol. The summed E-state index contributed by atoms with van der Waals surface area (Å²) in [5.74, 6) is 0. The number of halogens is 2. The first-order chi connectivity index (χ1) is 8.17. The Balaban J connectivity index is 2.56. The zero-order valence-corrected chi connectivity index (χ0v) is 11.6. The largest absolute Gasteiger partial charge is 0.340 e. The molecule has 0 aliphatic heterocycles. The van der Waals surface area contributed by atoms with E-state index < -0.39 is 0 Å². The summed E-state index contributed by atoms with van der Waals surface area (Å²) in [5.41, 5.74) is 3.57. The molecule has 2 nitrogen and oxygen atoms in total. The highest BCUT2D eigenvalue weighted by molar-refractivity contribution is 9.08. The molecule has 0 atom stereocenters. The van der Waals surface area contributed by atoms with Crippen molar-refractivity contribution < 1.29 is 0 Å². The van der Waals surface area contributed by atoms with Gasteiger partial charge in [-0.1, -0.05) is 51.8 Å². The molecule has 2 aromatic rings. The number of alkyl halides is 1. The zero-order valence-electron chi connectivity index (χ0n) is 9.24. The molecule has 17 heavy (non-hydrogen) atoms. The highest BCUT2D eigenvalue weighted by Gasteiger charge is 2.13. The standard InChI is InChI=1S/C13H10BrClN2/c1-17-8-11(7-16)12(13(17)15)10-4-2-9(6-14)3-5-10/h2-5,8H,6H2,1H3. The van der Waals surface area contributed by atoms with E-state index in [0.717, 1.165) is 16.5 Å². The Morgan fingerprint density at radius 3 is 2.53 bits per heavy atom. The Kier molecular flexibility index (Phi) is 3.56. The minimum absolute atomic E-state index is 0.591. The molecular formula is C13H10BrClN2. The number of hydrogen-bond acceptors (Lipinski definition) is 1.